The predicted octanol–water partition coefficient (Wildman–Crippen LogP) is 0.732. The molecule has 1 aromatic heterocycles. The van der Waals surface area contributed by atoms with E-state index >= 15 is 0 Å². The number of benzene rings is 1. The fraction of sp³-hybridized carbons (Fsp3) is 0.467. The summed E-state index contributed by atoms with van der Waals surface area (Å²) in [6.07, 6.45) is 1.15. The largest absolute Gasteiger partial charge is 0.383 e. The highest BCUT2D eigenvalue weighted by atomic mass is 32.2. The van der Waals surface area contributed by atoms with Crippen LogP contribution < -0.4 is 5.32 Å². The zero-order valence-corrected chi connectivity index (χ0v) is 14.3. The molecule has 0 radical (unpaired) electrons. The summed E-state index contributed by atoms with van der Waals surface area (Å²) in [7, 11) is -1.68. The van der Waals surface area contributed by atoms with Crippen LogP contribution in [0.5, 0.6) is 0 Å². The number of carbonyl (C=O) groups excluding carboxylic acids is 1. The Labute approximate surface area is 135 Å². The summed E-state index contributed by atoms with van der Waals surface area (Å²) in [6.45, 7) is 2.26. The average Bonchev–Trinajstić information content (AvgIpc) is 2.75. The highest BCUT2D eigenvalue weighted by Gasteiger charge is 2.17. The molecule has 0 aliphatic heterocycles. The lowest BCUT2D eigenvalue weighted by Gasteiger charge is -2.14. The molecule has 1 atom stereocenters. The van der Waals surface area contributed by atoms with Crippen LogP contribution in [0.3, 0.4) is 0 Å². The van der Waals surface area contributed by atoms with Gasteiger partial charge in [-0.1, -0.05) is 12.1 Å². The van der Waals surface area contributed by atoms with Crippen LogP contribution in [-0.2, 0) is 31.7 Å². The molecule has 7 nitrogen and oxygen atoms in total. The Kier molecular flexibility index (Phi) is 5.38. The first kappa shape index (κ1) is 17.4. The van der Waals surface area contributed by atoms with E-state index < -0.39 is 9.84 Å². The van der Waals surface area contributed by atoms with E-state index in [1.807, 2.05) is 25.1 Å². The van der Waals surface area contributed by atoms with Crippen molar-refractivity contribution >= 4 is 26.8 Å². The van der Waals surface area contributed by atoms with E-state index in [4.69, 9.17) is 4.74 Å². The summed E-state index contributed by atoms with van der Waals surface area (Å²) in [5.74, 6) is -0.0570. The Bertz CT molecular complexity index is 798. The fourth-order valence-electron chi connectivity index (χ4n) is 2.40. The Balaban J connectivity index is 2.30. The van der Waals surface area contributed by atoms with Gasteiger partial charge in [-0.25, -0.2) is 13.4 Å². The molecule has 1 heterocycles. The number of sulfone groups is 1. The Hall–Kier alpha value is -1.93. The van der Waals surface area contributed by atoms with Gasteiger partial charge in [-0.3, -0.25) is 4.79 Å². The first-order chi connectivity index (χ1) is 10.8. The lowest BCUT2D eigenvalue weighted by Crippen LogP contribution is -2.38. The number of aromatic nitrogens is 2. The smallest absolute Gasteiger partial charge is 0.240 e. The van der Waals surface area contributed by atoms with E-state index in [-0.39, 0.29) is 24.2 Å². The molecule has 0 saturated heterocycles. The molecule has 0 fully saturated rings. The Morgan fingerprint density at radius 3 is 2.74 bits per heavy atom. The summed E-state index contributed by atoms with van der Waals surface area (Å²) in [5, 5.41) is 2.81. The fourth-order valence-corrected chi connectivity index (χ4v) is 3.09. The van der Waals surface area contributed by atoms with Gasteiger partial charge < -0.3 is 14.6 Å². The first-order valence-electron chi connectivity index (χ1n) is 7.20. The number of imidazole rings is 1. The maximum Gasteiger partial charge on any atom is 0.240 e. The van der Waals surface area contributed by atoms with E-state index in [1.54, 1.807) is 17.7 Å². The Morgan fingerprint density at radius 2 is 2.09 bits per heavy atom. The molecule has 0 unspecified atom stereocenters. The van der Waals surface area contributed by atoms with Crippen molar-refractivity contribution in [2.45, 2.75) is 25.3 Å². The minimum Gasteiger partial charge on any atom is -0.383 e. The molecule has 1 N–H and O–H groups in total. The molecule has 2 aromatic rings. The van der Waals surface area contributed by atoms with Crippen molar-refractivity contribution < 1.29 is 17.9 Å². The molecule has 8 heteroatoms. The van der Waals surface area contributed by atoms with Crippen molar-refractivity contribution in [2.24, 2.45) is 0 Å². The minimum absolute atomic E-state index is 0.0133. The molecule has 0 aliphatic rings. The zero-order valence-electron chi connectivity index (χ0n) is 13.4. The number of hydrogen-bond donors (Lipinski definition) is 1. The van der Waals surface area contributed by atoms with Crippen molar-refractivity contribution in [3.8, 4) is 0 Å². The van der Waals surface area contributed by atoms with Crippen LogP contribution in [0.25, 0.3) is 11.0 Å². The third-order valence-corrected chi connectivity index (χ3v) is 4.03. The van der Waals surface area contributed by atoms with Gasteiger partial charge in [0.2, 0.25) is 5.91 Å². The molecular formula is C15H21N3O4S. The SMILES string of the molecule is COC[C@H](C)NC(=O)Cn1c(CS(C)(=O)=O)nc2ccccc21. The highest BCUT2D eigenvalue weighted by Crippen LogP contribution is 2.17. The van der Waals surface area contributed by atoms with Gasteiger partial charge in [-0.2, -0.15) is 0 Å². The van der Waals surface area contributed by atoms with Gasteiger partial charge in [0.1, 0.15) is 18.1 Å². The second-order valence-electron chi connectivity index (χ2n) is 5.60. The minimum atomic E-state index is -3.25. The number of hydrogen-bond acceptors (Lipinski definition) is 5. The molecule has 0 bridgehead atoms. The van der Waals surface area contributed by atoms with Crippen molar-refractivity contribution in [2.75, 3.05) is 20.0 Å². The number of nitrogens with one attached hydrogen (secondary N) is 1. The van der Waals surface area contributed by atoms with Gasteiger partial charge in [0.15, 0.2) is 9.84 Å². The summed E-state index contributed by atoms with van der Waals surface area (Å²) in [4.78, 5) is 16.5. The van der Waals surface area contributed by atoms with Crippen molar-refractivity contribution in [3.63, 3.8) is 0 Å². The number of nitrogens with zero attached hydrogens (tertiary/aromatic N) is 2. The lowest BCUT2D eigenvalue weighted by molar-refractivity contribution is -0.122. The molecule has 2 rings (SSSR count). The van der Waals surface area contributed by atoms with E-state index in [0.29, 0.717) is 17.9 Å². The maximum atomic E-state index is 12.2. The van der Waals surface area contributed by atoms with E-state index in [0.717, 1.165) is 11.8 Å². The van der Waals surface area contributed by atoms with Crippen LogP contribution in [-0.4, -0.2) is 49.9 Å². The topological polar surface area (TPSA) is 90.3 Å². The number of fused-ring (bicyclic) bond motifs is 1. The van der Waals surface area contributed by atoms with Crippen molar-refractivity contribution in [1.29, 1.82) is 0 Å². The summed E-state index contributed by atoms with van der Waals surface area (Å²) >= 11 is 0. The molecule has 23 heavy (non-hydrogen) atoms. The molecule has 0 saturated carbocycles. The third kappa shape index (κ3) is 4.77. The number of amides is 1. The average molecular weight is 339 g/mol. The Morgan fingerprint density at radius 1 is 1.39 bits per heavy atom. The number of rotatable bonds is 7. The number of para-hydroxylation sites is 2. The maximum absolute atomic E-state index is 12.2. The number of ether oxygens (including phenoxy) is 1. The van der Waals surface area contributed by atoms with Gasteiger partial charge in [-0.15, -0.1) is 0 Å². The normalized spacial score (nSPS) is 13.2. The van der Waals surface area contributed by atoms with Crippen molar-refractivity contribution in [1.82, 2.24) is 14.9 Å². The number of carbonyl (C=O) groups is 1. The summed E-state index contributed by atoms with van der Waals surface area (Å²) in [5.41, 5.74) is 1.41. The quantitative estimate of drug-likeness (QED) is 0.803. The second-order valence-corrected chi connectivity index (χ2v) is 7.74. The lowest BCUT2D eigenvalue weighted by atomic mass is 10.3. The molecule has 0 spiro atoms. The van der Waals surface area contributed by atoms with Crippen LogP contribution in [0.2, 0.25) is 0 Å². The third-order valence-electron chi connectivity index (χ3n) is 3.25. The van der Waals surface area contributed by atoms with Crippen LogP contribution in [0.1, 0.15) is 12.7 Å². The summed E-state index contributed by atoms with van der Waals surface area (Å²) in [6, 6.07) is 7.14. The van der Waals surface area contributed by atoms with Crippen LogP contribution in [0.4, 0.5) is 0 Å². The van der Waals surface area contributed by atoms with E-state index in [2.05, 4.69) is 10.3 Å². The van der Waals surface area contributed by atoms with Crippen LogP contribution in [0.15, 0.2) is 24.3 Å². The van der Waals surface area contributed by atoms with Gasteiger partial charge in [0.05, 0.1) is 17.6 Å². The first-order valence-corrected chi connectivity index (χ1v) is 9.26. The van der Waals surface area contributed by atoms with Gasteiger partial charge in [0.25, 0.3) is 0 Å². The van der Waals surface area contributed by atoms with Crippen molar-refractivity contribution in [3.05, 3.63) is 30.1 Å². The summed E-state index contributed by atoms with van der Waals surface area (Å²) < 4.78 is 29.8. The van der Waals surface area contributed by atoms with Crippen LogP contribution in [0, 0.1) is 0 Å². The molecule has 0 aliphatic carbocycles. The molecule has 126 valence electrons. The van der Waals surface area contributed by atoms with Gasteiger partial charge in [-0.05, 0) is 19.1 Å². The van der Waals surface area contributed by atoms with E-state index in [1.165, 1.54) is 0 Å². The van der Waals surface area contributed by atoms with Crippen LogP contribution >= 0.6 is 0 Å². The predicted molar refractivity (Wildman–Crippen MR) is 87.8 cm³/mol. The zero-order chi connectivity index (χ0) is 17.0. The highest BCUT2D eigenvalue weighted by molar-refractivity contribution is 7.89. The molecule has 1 aromatic carbocycles. The monoisotopic (exact) mass is 339 g/mol. The standard InChI is InChI=1S/C15H21N3O4S/c1-11(9-22-2)16-15(19)8-18-13-7-5-4-6-12(13)17-14(18)10-23(3,20)21/h4-7,11H,8-10H2,1-3H3,(H,16,19)/t11-/m0/s1. The second kappa shape index (κ2) is 7.10. The molecule has 1 amide bonds. The van der Waals surface area contributed by atoms with E-state index in [9.17, 15) is 13.2 Å². The molecular weight excluding hydrogens is 318 g/mol. The number of methoxy groups -OCH3 is 1. The van der Waals surface area contributed by atoms with Gasteiger partial charge >= 0.3 is 0 Å². The van der Waals surface area contributed by atoms with Gasteiger partial charge in [0, 0.05) is 19.4 Å².